The van der Waals surface area contributed by atoms with Gasteiger partial charge in [0.15, 0.2) is 0 Å². The molecular formula is C15H25Cl2N3. The molecule has 0 bridgehead atoms. The van der Waals surface area contributed by atoms with E-state index in [1.54, 1.807) is 0 Å². The summed E-state index contributed by atoms with van der Waals surface area (Å²) in [4.78, 5) is 7.39. The number of nitrogens with one attached hydrogen (secondary N) is 1. The summed E-state index contributed by atoms with van der Waals surface area (Å²) in [6.45, 7) is 6.65. The molecule has 0 amide bonds. The van der Waals surface area contributed by atoms with Crippen molar-refractivity contribution in [2.75, 3.05) is 26.2 Å². The van der Waals surface area contributed by atoms with Crippen LogP contribution in [0.25, 0.3) is 0 Å². The van der Waals surface area contributed by atoms with Gasteiger partial charge in [-0.25, -0.2) is 0 Å². The number of hydrogen-bond donors (Lipinski definition) is 1. The van der Waals surface area contributed by atoms with Crippen LogP contribution in [0.4, 0.5) is 0 Å². The zero-order valence-corrected chi connectivity index (χ0v) is 13.7. The van der Waals surface area contributed by atoms with Gasteiger partial charge in [-0.05, 0) is 31.4 Å². The van der Waals surface area contributed by atoms with E-state index in [1.165, 1.54) is 25.0 Å². The van der Waals surface area contributed by atoms with Crippen LogP contribution >= 0.6 is 24.8 Å². The second-order valence-electron chi connectivity index (χ2n) is 5.68. The van der Waals surface area contributed by atoms with Crippen LogP contribution in [0.15, 0.2) is 18.2 Å². The van der Waals surface area contributed by atoms with Gasteiger partial charge in [0.2, 0.25) is 0 Å². The second-order valence-corrected chi connectivity index (χ2v) is 5.68. The summed E-state index contributed by atoms with van der Waals surface area (Å²) in [6.07, 6.45) is 4.15. The van der Waals surface area contributed by atoms with Gasteiger partial charge in [0.1, 0.15) is 0 Å². The summed E-state index contributed by atoms with van der Waals surface area (Å²) in [5.74, 6) is 0.951. The number of nitrogens with zero attached hydrogens (tertiary/aromatic N) is 2. The topological polar surface area (TPSA) is 28.2 Å². The van der Waals surface area contributed by atoms with Crippen LogP contribution in [0.1, 0.15) is 36.7 Å². The number of rotatable bonds is 4. The third kappa shape index (κ3) is 4.59. The van der Waals surface area contributed by atoms with Gasteiger partial charge in [-0.1, -0.05) is 18.9 Å². The molecule has 114 valence electrons. The van der Waals surface area contributed by atoms with Gasteiger partial charge in [-0.3, -0.25) is 9.88 Å². The van der Waals surface area contributed by atoms with Crippen LogP contribution in [0.3, 0.4) is 0 Å². The summed E-state index contributed by atoms with van der Waals surface area (Å²) in [5, 5.41) is 3.44. The minimum absolute atomic E-state index is 0. The molecule has 0 radical (unpaired) electrons. The van der Waals surface area contributed by atoms with Crippen LogP contribution in [0.2, 0.25) is 0 Å². The molecule has 20 heavy (non-hydrogen) atoms. The molecule has 1 aliphatic heterocycles. The first-order valence-electron chi connectivity index (χ1n) is 7.21. The average molecular weight is 318 g/mol. The van der Waals surface area contributed by atoms with Gasteiger partial charge in [0, 0.05) is 31.9 Å². The Bertz CT molecular complexity index is 404. The SMILES string of the molecule is Cc1cccc([C@H](CC2CC2)N2CCNCC2)n1.Cl.Cl. The highest BCUT2D eigenvalue weighted by Gasteiger charge is 2.31. The van der Waals surface area contributed by atoms with Gasteiger partial charge in [-0.15, -0.1) is 24.8 Å². The van der Waals surface area contributed by atoms with E-state index in [0.717, 1.165) is 37.8 Å². The predicted molar refractivity (Wildman–Crippen MR) is 88.0 cm³/mol. The molecule has 1 N–H and O–H groups in total. The van der Waals surface area contributed by atoms with E-state index in [-0.39, 0.29) is 24.8 Å². The minimum Gasteiger partial charge on any atom is -0.314 e. The van der Waals surface area contributed by atoms with E-state index < -0.39 is 0 Å². The Balaban J connectivity index is 0.000001000. The van der Waals surface area contributed by atoms with E-state index in [2.05, 4.69) is 35.3 Å². The summed E-state index contributed by atoms with van der Waals surface area (Å²) < 4.78 is 0. The third-order valence-corrected chi connectivity index (χ3v) is 4.10. The molecule has 0 spiro atoms. The van der Waals surface area contributed by atoms with E-state index in [9.17, 15) is 0 Å². The van der Waals surface area contributed by atoms with E-state index >= 15 is 0 Å². The Hall–Kier alpha value is -0.350. The Morgan fingerprint density at radius 1 is 1.25 bits per heavy atom. The fourth-order valence-electron chi connectivity index (χ4n) is 2.87. The summed E-state index contributed by atoms with van der Waals surface area (Å²) in [6, 6.07) is 7.00. The highest BCUT2D eigenvalue weighted by Crippen LogP contribution is 2.39. The van der Waals surface area contributed by atoms with Crippen LogP contribution in [0.5, 0.6) is 0 Å². The molecule has 0 aromatic carbocycles. The lowest BCUT2D eigenvalue weighted by Gasteiger charge is -2.34. The van der Waals surface area contributed by atoms with Crippen molar-refractivity contribution >= 4 is 24.8 Å². The number of hydrogen-bond acceptors (Lipinski definition) is 3. The van der Waals surface area contributed by atoms with Crippen LogP contribution < -0.4 is 5.32 Å². The lowest BCUT2D eigenvalue weighted by Crippen LogP contribution is -2.45. The van der Waals surface area contributed by atoms with Crippen molar-refractivity contribution in [3.63, 3.8) is 0 Å². The standard InChI is InChI=1S/C15H23N3.2ClH/c1-12-3-2-4-14(17-12)15(11-13-5-6-13)18-9-7-16-8-10-18;;/h2-4,13,15-16H,5-11H2,1H3;2*1H/t15-;;/m0../s1. The maximum absolute atomic E-state index is 4.77. The first-order valence-corrected chi connectivity index (χ1v) is 7.21. The Morgan fingerprint density at radius 2 is 1.95 bits per heavy atom. The summed E-state index contributed by atoms with van der Waals surface area (Å²) in [5.41, 5.74) is 2.42. The predicted octanol–water partition coefficient (Wildman–Crippen LogP) is 2.98. The Morgan fingerprint density at radius 3 is 2.55 bits per heavy atom. The highest BCUT2D eigenvalue weighted by molar-refractivity contribution is 5.85. The normalized spacial score (nSPS) is 20.6. The maximum Gasteiger partial charge on any atom is 0.0578 e. The van der Waals surface area contributed by atoms with Gasteiger partial charge in [0.05, 0.1) is 11.7 Å². The molecule has 1 aromatic heterocycles. The molecule has 1 saturated heterocycles. The average Bonchev–Trinajstić information content (AvgIpc) is 3.21. The molecule has 2 aliphatic rings. The van der Waals surface area contributed by atoms with E-state index in [4.69, 9.17) is 4.98 Å². The van der Waals surface area contributed by atoms with E-state index in [0.29, 0.717) is 6.04 Å². The molecule has 1 atom stereocenters. The van der Waals surface area contributed by atoms with Crippen molar-refractivity contribution in [1.29, 1.82) is 0 Å². The van der Waals surface area contributed by atoms with Gasteiger partial charge in [-0.2, -0.15) is 0 Å². The molecule has 1 saturated carbocycles. The van der Waals surface area contributed by atoms with Crippen LogP contribution in [0, 0.1) is 12.8 Å². The fourth-order valence-corrected chi connectivity index (χ4v) is 2.87. The second kappa shape index (κ2) is 8.18. The van der Waals surface area contributed by atoms with Crippen molar-refractivity contribution < 1.29 is 0 Å². The molecule has 3 rings (SSSR count). The maximum atomic E-state index is 4.77. The minimum atomic E-state index is 0. The molecule has 3 nitrogen and oxygen atoms in total. The highest BCUT2D eigenvalue weighted by atomic mass is 35.5. The van der Waals surface area contributed by atoms with Crippen molar-refractivity contribution in [3.05, 3.63) is 29.6 Å². The molecule has 2 fully saturated rings. The van der Waals surface area contributed by atoms with Crippen molar-refractivity contribution in [2.45, 2.75) is 32.2 Å². The van der Waals surface area contributed by atoms with Crippen LogP contribution in [-0.2, 0) is 0 Å². The smallest absolute Gasteiger partial charge is 0.0578 e. The van der Waals surface area contributed by atoms with Crippen molar-refractivity contribution in [1.82, 2.24) is 15.2 Å². The largest absolute Gasteiger partial charge is 0.314 e. The molecule has 1 aliphatic carbocycles. The zero-order chi connectivity index (χ0) is 12.4. The van der Waals surface area contributed by atoms with Gasteiger partial charge in [0.25, 0.3) is 0 Å². The Kier molecular flexibility index (Phi) is 7.24. The molecule has 0 unspecified atom stereocenters. The number of aryl methyl sites for hydroxylation is 1. The monoisotopic (exact) mass is 317 g/mol. The van der Waals surface area contributed by atoms with Crippen LogP contribution in [-0.4, -0.2) is 36.1 Å². The lowest BCUT2D eigenvalue weighted by atomic mass is 10.0. The first kappa shape index (κ1) is 17.7. The van der Waals surface area contributed by atoms with E-state index in [1.807, 2.05) is 0 Å². The third-order valence-electron chi connectivity index (χ3n) is 4.10. The van der Waals surface area contributed by atoms with Crippen molar-refractivity contribution in [3.8, 4) is 0 Å². The fraction of sp³-hybridized carbons (Fsp3) is 0.667. The number of pyridine rings is 1. The first-order chi connectivity index (χ1) is 8.83. The zero-order valence-electron chi connectivity index (χ0n) is 12.0. The van der Waals surface area contributed by atoms with Crippen molar-refractivity contribution in [2.24, 2.45) is 5.92 Å². The summed E-state index contributed by atoms with van der Waals surface area (Å²) in [7, 11) is 0. The van der Waals surface area contributed by atoms with Gasteiger partial charge < -0.3 is 5.32 Å². The van der Waals surface area contributed by atoms with Gasteiger partial charge >= 0.3 is 0 Å². The molecular weight excluding hydrogens is 293 g/mol. The molecule has 1 aromatic rings. The number of aromatic nitrogens is 1. The lowest BCUT2D eigenvalue weighted by molar-refractivity contribution is 0.157. The number of piperazine rings is 1. The number of halogens is 2. The quantitative estimate of drug-likeness (QED) is 0.925. The Labute approximate surface area is 134 Å². The molecule has 5 heteroatoms. The summed E-state index contributed by atoms with van der Waals surface area (Å²) >= 11 is 0. The molecule has 2 heterocycles.